The van der Waals surface area contributed by atoms with Crippen LogP contribution in [0.15, 0.2) is 35.4 Å². The first kappa shape index (κ1) is 28.7. The molecule has 0 radical (unpaired) electrons. The van der Waals surface area contributed by atoms with Gasteiger partial charge in [-0.2, -0.15) is 0 Å². The molecule has 2 aromatic heterocycles. The number of ether oxygens (including phenoxy) is 1. The molecule has 0 spiro atoms. The minimum atomic E-state index is 0. The Labute approximate surface area is 222 Å². The van der Waals surface area contributed by atoms with Crippen molar-refractivity contribution < 1.29 is 4.74 Å². The Balaban J connectivity index is 0.00000136. The molecule has 0 unspecified atom stereocenters. The van der Waals surface area contributed by atoms with Gasteiger partial charge in [0.2, 0.25) is 0 Å². The number of aromatic nitrogens is 2. The zero-order valence-corrected chi connectivity index (χ0v) is 22.7. The number of fused-ring (bicyclic) bond motifs is 3. The predicted octanol–water partition coefficient (Wildman–Crippen LogP) is 3.54. The molecule has 4 heterocycles. The first-order chi connectivity index (χ1) is 15.1. The Kier molecular flexibility index (Phi) is 10.5. The number of benzene rings is 1. The van der Waals surface area contributed by atoms with E-state index < -0.39 is 0 Å². The van der Waals surface area contributed by atoms with Gasteiger partial charge in [-0.3, -0.25) is 14.3 Å². The maximum Gasteiger partial charge on any atom is 0.262 e. The molecular formula is C23H32Cl3N5O2S. The van der Waals surface area contributed by atoms with E-state index in [9.17, 15) is 4.79 Å². The Morgan fingerprint density at radius 2 is 1.76 bits per heavy atom. The molecule has 7 nitrogen and oxygen atoms in total. The van der Waals surface area contributed by atoms with Crippen molar-refractivity contribution in [3.05, 3.63) is 51.4 Å². The Bertz CT molecular complexity index is 1150. The molecule has 1 saturated heterocycles. The summed E-state index contributed by atoms with van der Waals surface area (Å²) in [5.41, 5.74) is 2.51. The standard InChI is InChI=1S/C23H29N5O2S.3ClH/c1-25-8-7-17-20(15-25)31-22-21(17)23(29)28(16-24-22)14-11-26-9-12-27(13-10-26)18-5-3-4-6-19(18)30-2;;;/h3-6,16H,7-15H2,1-2H3;3*1H. The Morgan fingerprint density at radius 1 is 1.03 bits per heavy atom. The molecule has 0 bridgehead atoms. The third kappa shape index (κ3) is 5.64. The number of methoxy groups -OCH3 is 1. The number of para-hydroxylation sites is 2. The van der Waals surface area contributed by atoms with Crippen LogP contribution >= 0.6 is 48.6 Å². The van der Waals surface area contributed by atoms with Gasteiger partial charge in [0.05, 0.1) is 24.5 Å². The number of anilines is 1. The van der Waals surface area contributed by atoms with Crippen molar-refractivity contribution >= 4 is 64.5 Å². The normalized spacial score (nSPS) is 16.2. The van der Waals surface area contributed by atoms with Gasteiger partial charge in [-0.05, 0) is 31.2 Å². The highest BCUT2D eigenvalue weighted by atomic mass is 35.5. The third-order valence-electron chi connectivity index (χ3n) is 6.47. The van der Waals surface area contributed by atoms with Crippen molar-refractivity contribution in [3.8, 4) is 5.75 Å². The zero-order valence-electron chi connectivity index (χ0n) is 19.4. The second-order valence-electron chi connectivity index (χ2n) is 8.42. The van der Waals surface area contributed by atoms with Crippen molar-refractivity contribution in [2.45, 2.75) is 19.5 Å². The molecule has 0 saturated carbocycles. The van der Waals surface area contributed by atoms with E-state index in [1.807, 2.05) is 12.1 Å². The Morgan fingerprint density at radius 3 is 2.50 bits per heavy atom. The lowest BCUT2D eigenvalue weighted by molar-refractivity contribution is 0.246. The number of thiophene rings is 1. The molecule has 3 aromatic rings. The summed E-state index contributed by atoms with van der Waals surface area (Å²) >= 11 is 1.68. The number of hydrogen-bond donors (Lipinski definition) is 0. The van der Waals surface area contributed by atoms with Gasteiger partial charge in [-0.1, -0.05) is 12.1 Å². The van der Waals surface area contributed by atoms with Crippen molar-refractivity contribution in [1.29, 1.82) is 0 Å². The van der Waals surface area contributed by atoms with Crippen molar-refractivity contribution in [3.63, 3.8) is 0 Å². The minimum absolute atomic E-state index is 0. The van der Waals surface area contributed by atoms with Crippen LogP contribution in [0.5, 0.6) is 5.75 Å². The zero-order chi connectivity index (χ0) is 21.4. The highest BCUT2D eigenvalue weighted by molar-refractivity contribution is 7.18. The molecule has 1 fully saturated rings. The molecule has 1 aromatic carbocycles. The fourth-order valence-corrected chi connectivity index (χ4v) is 5.92. The van der Waals surface area contributed by atoms with E-state index in [0.29, 0.717) is 6.54 Å². The van der Waals surface area contributed by atoms with Crippen LogP contribution in [0, 0.1) is 0 Å². The molecule has 0 amide bonds. The highest BCUT2D eigenvalue weighted by Crippen LogP contribution is 2.32. The van der Waals surface area contributed by atoms with Crippen LogP contribution in [0.4, 0.5) is 5.69 Å². The first-order valence-corrected chi connectivity index (χ1v) is 11.7. The average molecular weight is 549 g/mol. The number of piperazine rings is 1. The van der Waals surface area contributed by atoms with E-state index >= 15 is 0 Å². The molecule has 34 heavy (non-hydrogen) atoms. The van der Waals surface area contributed by atoms with Gasteiger partial charge >= 0.3 is 0 Å². The van der Waals surface area contributed by atoms with Gasteiger partial charge in [0.25, 0.3) is 5.56 Å². The number of halogens is 3. The second kappa shape index (κ2) is 12.4. The first-order valence-electron chi connectivity index (χ1n) is 10.9. The largest absolute Gasteiger partial charge is 0.495 e. The third-order valence-corrected chi connectivity index (χ3v) is 7.60. The summed E-state index contributed by atoms with van der Waals surface area (Å²) < 4.78 is 7.32. The summed E-state index contributed by atoms with van der Waals surface area (Å²) in [4.78, 5) is 27.1. The summed E-state index contributed by atoms with van der Waals surface area (Å²) in [5, 5.41) is 0.858. The van der Waals surface area contributed by atoms with E-state index in [1.165, 1.54) is 10.4 Å². The van der Waals surface area contributed by atoms with Gasteiger partial charge in [0.1, 0.15) is 10.6 Å². The lowest BCUT2D eigenvalue weighted by Gasteiger charge is -2.36. The van der Waals surface area contributed by atoms with Crippen molar-refractivity contribution in [2.24, 2.45) is 0 Å². The smallest absolute Gasteiger partial charge is 0.262 e. The maximum atomic E-state index is 13.2. The highest BCUT2D eigenvalue weighted by Gasteiger charge is 2.23. The summed E-state index contributed by atoms with van der Waals surface area (Å²) in [6, 6.07) is 8.19. The maximum absolute atomic E-state index is 13.2. The summed E-state index contributed by atoms with van der Waals surface area (Å²) in [5.74, 6) is 0.923. The van der Waals surface area contributed by atoms with Crippen LogP contribution in [-0.2, 0) is 19.5 Å². The lowest BCUT2D eigenvalue weighted by atomic mass is 10.1. The van der Waals surface area contributed by atoms with E-state index in [0.717, 1.165) is 73.9 Å². The molecule has 0 atom stereocenters. The van der Waals surface area contributed by atoms with Gasteiger partial charge in [-0.25, -0.2) is 4.98 Å². The SMILES string of the molecule is COc1ccccc1N1CCN(CCn2cnc3sc4c(c3c2=O)CCN(C)C4)CC1.Cl.Cl.Cl. The van der Waals surface area contributed by atoms with Gasteiger partial charge in [0, 0.05) is 57.2 Å². The van der Waals surface area contributed by atoms with Gasteiger partial charge < -0.3 is 14.5 Å². The van der Waals surface area contributed by atoms with E-state index in [2.05, 4.69) is 38.9 Å². The lowest BCUT2D eigenvalue weighted by Crippen LogP contribution is -2.47. The fraction of sp³-hybridized carbons (Fsp3) is 0.478. The molecule has 11 heteroatoms. The van der Waals surface area contributed by atoms with Crippen LogP contribution in [0.1, 0.15) is 10.4 Å². The van der Waals surface area contributed by atoms with Crippen LogP contribution in [-0.4, -0.2) is 72.8 Å². The van der Waals surface area contributed by atoms with E-state index in [4.69, 9.17) is 4.74 Å². The molecule has 2 aliphatic rings. The number of rotatable bonds is 5. The molecule has 0 N–H and O–H groups in total. The van der Waals surface area contributed by atoms with Gasteiger partial charge in [-0.15, -0.1) is 48.6 Å². The molecule has 5 rings (SSSR count). The van der Waals surface area contributed by atoms with Crippen LogP contribution in [0.3, 0.4) is 0 Å². The topological polar surface area (TPSA) is 53.8 Å². The number of likely N-dealkylation sites (N-methyl/N-ethyl adjacent to an activating group) is 1. The summed E-state index contributed by atoms with van der Waals surface area (Å²) in [6.07, 6.45) is 2.68. The van der Waals surface area contributed by atoms with Gasteiger partial charge in [0.15, 0.2) is 0 Å². The van der Waals surface area contributed by atoms with Crippen LogP contribution < -0.4 is 15.2 Å². The summed E-state index contributed by atoms with van der Waals surface area (Å²) in [6.45, 7) is 7.33. The number of nitrogens with zero attached hydrogens (tertiary/aromatic N) is 5. The quantitative estimate of drug-likeness (QED) is 0.486. The Hall–Kier alpha value is -1.55. The number of hydrogen-bond acceptors (Lipinski definition) is 7. The molecule has 188 valence electrons. The predicted molar refractivity (Wildman–Crippen MR) is 147 cm³/mol. The summed E-state index contributed by atoms with van der Waals surface area (Å²) in [7, 11) is 3.85. The molecular weight excluding hydrogens is 517 g/mol. The van der Waals surface area contributed by atoms with E-state index in [-0.39, 0.29) is 42.8 Å². The molecule has 2 aliphatic heterocycles. The average Bonchev–Trinajstić information content (AvgIpc) is 3.17. The second-order valence-corrected chi connectivity index (χ2v) is 9.50. The van der Waals surface area contributed by atoms with Crippen LogP contribution in [0.2, 0.25) is 0 Å². The van der Waals surface area contributed by atoms with Crippen molar-refractivity contribution in [2.75, 3.05) is 58.3 Å². The monoisotopic (exact) mass is 547 g/mol. The molecule has 0 aliphatic carbocycles. The fourth-order valence-electron chi connectivity index (χ4n) is 4.66. The van der Waals surface area contributed by atoms with Crippen molar-refractivity contribution in [1.82, 2.24) is 19.4 Å². The van der Waals surface area contributed by atoms with Crippen LogP contribution in [0.25, 0.3) is 10.2 Å². The van der Waals surface area contributed by atoms with E-state index in [1.54, 1.807) is 29.3 Å². The minimum Gasteiger partial charge on any atom is -0.495 e.